The van der Waals surface area contributed by atoms with Gasteiger partial charge in [-0.2, -0.15) is 5.10 Å². The lowest BCUT2D eigenvalue weighted by Crippen LogP contribution is -2.19. The highest BCUT2D eigenvalue weighted by atomic mass is 32.2. The lowest BCUT2D eigenvalue weighted by Gasteiger charge is -2.04. The van der Waals surface area contributed by atoms with Gasteiger partial charge in [0.05, 0.1) is 12.0 Å². The number of nitrogens with one attached hydrogen (secondary N) is 1. The number of carbonyl (C=O) groups is 1. The van der Waals surface area contributed by atoms with Gasteiger partial charge in [-0.15, -0.1) is 5.10 Å². The Balaban J connectivity index is 1.83. The highest BCUT2D eigenvalue weighted by molar-refractivity contribution is 8.15. The summed E-state index contributed by atoms with van der Waals surface area (Å²) in [5, 5.41) is 20.6. The molecule has 1 heterocycles. The fourth-order valence-corrected chi connectivity index (χ4v) is 2.63. The van der Waals surface area contributed by atoms with Crippen LogP contribution in [0.1, 0.15) is 5.56 Å². The minimum absolute atomic E-state index is 0.0583. The maximum Gasteiger partial charge on any atom is 0.236 e. The predicted octanol–water partition coefficient (Wildman–Crippen LogP) is 2.75. The molecule has 0 unspecified atom stereocenters. The summed E-state index contributed by atoms with van der Waals surface area (Å²) in [6, 6.07) is 11.1. The second kappa shape index (κ2) is 6.62. The third-order valence-corrected chi connectivity index (χ3v) is 4.00. The molecule has 5 nitrogen and oxygen atoms in total. The number of hydrogen-bond donors (Lipinski definition) is 2. The van der Waals surface area contributed by atoms with Crippen molar-refractivity contribution in [3.8, 4) is 16.9 Å². The molecule has 1 aliphatic heterocycles. The van der Waals surface area contributed by atoms with E-state index in [1.807, 2.05) is 0 Å². The van der Waals surface area contributed by atoms with Crippen molar-refractivity contribution < 1.29 is 14.3 Å². The topological polar surface area (TPSA) is 74.0 Å². The van der Waals surface area contributed by atoms with Crippen LogP contribution in [0.5, 0.6) is 5.75 Å². The van der Waals surface area contributed by atoms with Gasteiger partial charge in [0.2, 0.25) is 5.91 Å². The smallest absolute Gasteiger partial charge is 0.236 e. The summed E-state index contributed by atoms with van der Waals surface area (Å²) < 4.78 is 13.0. The maximum absolute atomic E-state index is 13.0. The lowest BCUT2D eigenvalue weighted by molar-refractivity contribution is -0.116. The first-order valence-corrected chi connectivity index (χ1v) is 7.73. The summed E-state index contributed by atoms with van der Waals surface area (Å²) in [5.41, 5.74) is 2.12. The first kappa shape index (κ1) is 15.2. The van der Waals surface area contributed by atoms with Gasteiger partial charge >= 0.3 is 0 Å². The fourth-order valence-electron chi connectivity index (χ4n) is 2.00. The molecule has 0 saturated carbocycles. The molecule has 1 saturated heterocycles. The number of rotatable bonds is 3. The van der Waals surface area contributed by atoms with Crippen LogP contribution in [0.2, 0.25) is 0 Å². The van der Waals surface area contributed by atoms with Gasteiger partial charge in [-0.1, -0.05) is 30.0 Å². The number of phenols is 1. The fraction of sp³-hybridized carbons (Fsp3) is 0.0625. The van der Waals surface area contributed by atoms with Gasteiger partial charge in [-0.3, -0.25) is 4.79 Å². The summed E-state index contributed by atoms with van der Waals surface area (Å²) in [4.78, 5) is 11.0. The predicted molar refractivity (Wildman–Crippen MR) is 89.1 cm³/mol. The number of nitrogens with zero attached hydrogens (tertiary/aromatic N) is 2. The molecule has 0 radical (unpaired) electrons. The number of benzene rings is 2. The van der Waals surface area contributed by atoms with E-state index in [0.717, 1.165) is 11.1 Å². The molecule has 0 aromatic heterocycles. The Morgan fingerprint density at radius 2 is 1.91 bits per heavy atom. The minimum Gasteiger partial charge on any atom is -0.507 e. The normalized spacial score (nSPS) is 16.2. The number of halogens is 1. The Morgan fingerprint density at radius 3 is 2.61 bits per heavy atom. The van der Waals surface area contributed by atoms with Crippen molar-refractivity contribution in [2.75, 3.05) is 5.75 Å². The SMILES string of the molecule is O=C1CSC(=NN=Cc2cc(-c3ccc(F)cc3)ccc2O)N1. The van der Waals surface area contributed by atoms with Gasteiger partial charge in [-0.05, 0) is 35.4 Å². The summed E-state index contributed by atoms with van der Waals surface area (Å²) >= 11 is 1.27. The molecule has 0 atom stereocenters. The molecule has 0 aliphatic carbocycles. The van der Waals surface area contributed by atoms with Crippen LogP contribution < -0.4 is 5.32 Å². The summed E-state index contributed by atoms with van der Waals surface area (Å²) in [5.74, 6) is -0.0195. The standard InChI is InChI=1S/C16H12FN3O2S/c17-13-4-1-10(2-5-13)11-3-6-14(21)12(7-11)8-18-20-16-19-15(22)9-23-16/h1-8,21H,9H2,(H,19,20,22). The molecule has 2 aromatic rings. The number of amidine groups is 1. The van der Waals surface area contributed by atoms with E-state index in [0.29, 0.717) is 16.5 Å². The zero-order chi connectivity index (χ0) is 16.2. The Bertz CT molecular complexity index is 803. The molecular formula is C16H12FN3O2S. The van der Waals surface area contributed by atoms with Crippen LogP contribution in [0.15, 0.2) is 52.7 Å². The summed E-state index contributed by atoms with van der Waals surface area (Å²) in [6.45, 7) is 0. The van der Waals surface area contributed by atoms with E-state index >= 15 is 0 Å². The Kier molecular flexibility index (Phi) is 4.38. The zero-order valence-corrected chi connectivity index (χ0v) is 12.7. The van der Waals surface area contributed by atoms with Crippen LogP contribution in [0, 0.1) is 5.82 Å². The van der Waals surface area contributed by atoms with Crippen molar-refractivity contribution >= 4 is 29.1 Å². The number of aromatic hydroxyl groups is 1. The van der Waals surface area contributed by atoms with Crippen molar-refractivity contribution in [1.29, 1.82) is 0 Å². The monoisotopic (exact) mass is 329 g/mol. The maximum atomic E-state index is 13.0. The van der Waals surface area contributed by atoms with E-state index < -0.39 is 0 Å². The van der Waals surface area contributed by atoms with E-state index in [4.69, 9.17) is 0 Å². The summed E-state index contributed by atoms with van der Waals surface area (Å²) in [7, 11) is 0. The second-order valence-corrected chi connectivity index (χ2v) is 5.73. The van der Waals surface area contributed by atoms with E-state index in [9.17, 15) is 14.3 Å². The number of carbonyl (C=O) groups excluding carboxylic acids is 1. The van der Waals surface area contributed by atoms with Crippen molar-refractivity contribution in [1.82, 2.24) is 5.32 Å². The van der Waals surface area contributed by atoms with E-state index in [1.54, 1.807) is 30.3 Å². The first-order valence-electron chi connectivity index (χ1n) is 6.74. The molecule has 116 valence electrons. The number of amides is 1. The van der Waals surface area contributed by atoms with Crippen LogP contribution in [-0.4, -0.2) is 28.1 Å². The van der Waals surface area contributed by atoms with Gasteiger partial charge in [0.15, 0.2) is 5.17 Å². The molecule has 0 bridgehead atoms. The third kappa shape index (κ3) is 3.75. The molecule has 1 amide bonds. The molecule has 0 spiro atoms. The van der Waals surface area contributed by atoms with Crippen molar-refractivity contribution in [2.24, 2.45) is 10.2 Å². The number of phenolic OH excluding ortho intramolecular Hbond substituents is 1. The number of hydrogen-bond acceptors (Lipinski definition) is 5. The van der Waals surface area contributed by atoms with Gasteiger partial charge < -0.3 is 10.4 Å². The van der Waals surface area contributed by atoms with Gasteiger partial charge in [0, 0.05) is 5.56 Å². The minimum atomic E-state index is -0.304. The Morgan fingerprint density at radius 1 is 1.17 bits per heavy atom. The molecule has 1 fully saturated rings. The quantitative estimate of drug-likeness (QED) is 0.672. The molecule has 2 N–H and O–H groups in total. The van der Waals surface area contributed by atoms with Gasteiger partial charge in [0.25, 0.3) is 0 Å². The third-order valence-electron chi connectivity index (χ3n) is 3.14. The number of thioether (sulfide) groups is 1. The molecule has 3 rings (SSSR count). The van der Waals surface area contributed by atoms with Crippen LogP contribution in [-0.2, 0) is 4.79 Å². The average molecular weight is 329 g/mol. The molecule has 1 aliphatic rings. The van der Waals surface area contributed by atoms with E-state index in [1.165, 1.54) is 30.1 Å². The van der Waals surface area contributed by atoms with E-state index in [2.05, 4.69) is 15.5 Å². The lowest BCUT2D eigenvalue weighted by atomic mass is 10.0. The highest BCUT2D eigenvalue weighted by Crippen LogP contribution is 2.25. The van der Waals surface area contributed by atoms with Gasteiger partial charge in [-0.25, -0.2) is 4.39 Å². The van der Waals surface area contributed by atoms with Crippen LogP contribution in [0.25, 0.3) is 11.1 Å². The van der Waals surface area contributed by atoms with Crippen LogP contribution >= 0.6 is 11.8 Å². The molecule has 23 heavy (non-hydrogen) atoms. The summed E-state index contributed by atoms with van der Waals surface area (Å²) in [6.07, 6.45) is 1.40. The van der Waals surface area contributed by atoms with E-state index in [-0.39, 0.29) is 17.5 Å². The largest absolute Gasteiger partial charge is 0.507 e. The molecular weight excluding hydrogens is 317 g/mol. The average Bonchev–Trinajstić information content (AvgIpc) is 2.95. The highest BCUT2D eigenvalue weighted by Gasteiger charge is 2.15. The molecule has 2 aromatic carbocycles. The van der Waals surface area contributed by atoms with Crippen molar-refractivity contribution in [2.45, 2.75) is 0 Å². The second-order valence-electron chi connectivity index (χ2n) is 4.77. The first-order chi connectivity index (χ1) is 11.1. The molecule has 7 heteroatoms. The van der Waals surface area contributed by atoms with Crippen LogP contribution in [0.3, 0.4) is 0 Å². The van der Waals surface area contributed by atoms with Crippen molar-refractivity contribution in [3.05, 3.63) is 53.8 Å². The zero-order valence-electron chi connectivity index (χ0n) is 11.9. The Hall–Kier alpha value is -2.67. The van der Waals surface area contributed by atoms with Crippen molar-refractivity contribution in [3.63, 3.8) is 0 Å². The van der Waals surface area contributed by atoms with Gasteiger partial charge in [0.1, 0.15) is 11.6 Å². The Labute approximate surface area is 135 Å². The van der Waals surface area contributed by atoms with Crippen LogP contribution in [0.4, 0.5) is 4.39 Å².